The van der Waals surface area contributed by atoms with E-state index in [1.54, 1.807) is 37.3 Å². The molecule has 0 spiro atoms. The van der Waals surface area contributed by atoms with Gasteiger partial charge in [-0.05, 0) is 32.9 Å². The summed E-state index contributed by atoms with van der Waals surface area (Å²) in [6, 6.07) is 8.34. The maximum Gasteiger partial charge on any atom is 0.340 e. The van der Waals surface area contributed by atoms with Gasteiger partial charge in [-0.3, -0.25) is 4.79 Å². The Morgan fingerprint density at radius 1 is 1.12 bits per heavy atom. The van der Waals surface area contributed by atoms with Crippen LogP contribution in [0.3, 0.4) is 0 Å². The molecule has 1 N–H and O–H groups in total. The fourth-order valence-corrected chi connectivity index (χ4v) is 2.36. The van der Waals surface area contributed by atoms with E-state index in [-0.39, 0.29) is 12.3 Å². The van der Waals surface area contributed by atoms with Crippen molar-refractivity contribution in [3.05, 3.63) is 47.9 Å². The van der Waals surface area contributed by atoms with Crippen LogP contribution in [0.25, 0.3) is 0 Å². The number of esters is 1. The number of para-hydroxylation sites is 1. The van der Waals surface area contributed by atoms with Gasteiger partial charge in [-0.25, -0.2) is 14.8 Å². The lowest BCUT2D eigenvalue weighted by Crippen LogP contribution is -2.24. The van der Waals surface area contributed by atoms with Crippen LogP contribution in [0.5, 0.6) is 0 Å². The smallest absolute Gasteiger partial charge is 0.340 e. The monoisotopic (exact) mass is 342 g/mol. The Morgan fingerprint density at radius 2 is 1.84 bits per heavy atom. The Morgan fingerprint density at radius 3 is 2.52 bits per heavy atom. The van der Waals surface area contributed by atoms with Crippen molar-refractivity contribution in [1.82, 2.24) is 9.97 Å². The third-order valence-electron chi connectivity index (χ3n) is 3.64. The van der Waals surface area contributed by atoms with E-state index < -0.39 is 11.9 Å². The number of aromatic nitrogens is 2. The molecule has 0 saturated heterocycles. The summed E-state index contributed by atoms with van der Waals surface area (Å²) >= 11 is 0. The summed E-state index contributed by atoms with van der Waals surface area (Å²) in [5, 5.41) is 2.72. The number of carbonyl (C=O) groups is 2. The van der Waals surface area contributed by atoms with Crippen molar-refractivity contribution in [3.63, 3.8) is 0 Å². The molecule has 2 rings (SSSR count). The first-order valence-corrected chi connectivity index (χ1v) is 8.25. The molecule has 0 aliphatic carbocycles. The molecule has 1 aromatic carbocycles. The van der Waals surface area contributed by atoms with Crippen molar-refractivity contribution in [2.24, 2.45) is 0 Å². The highest BCUT2D eigenvalue weighted by atomic mass is 16.5. The van der Waals surface area contributed by atoms with E-state index in [0.717, 1.165) is 13.1 Å². The first-order valence-electron chi connectivity index (χ1n) is 8.25. The number of rotatable bonds is 7. The summed E-state index contributed by atoms with van der Waals surface area (Å²) in [7, 11) is 0. The van der Waals surface area contributed by atoms with Gasteiger partial charge >= 0.3 is 5.97 Å². The zero-order chi connectivity index (χ0) is 18.2. The van der Waals surface area contributed by atoms with Crippen LogP contribution in [0.4, 0.5) is 11.5 Å². The van der Waals surface area contributed by atoms with Crippen LogP contribution in [-0.2, 0) is 4.74 Å². The lowest BCUT2D eigenvalue weighted by atomic mass is 10.1. The van der Waals surface area contributed by atoms with Gasteiger partial charge in [0.2, 0.25) is 0 Å². The van der Waals surface area contributed by atoms with Gasteiger partial charge in [0.1, 0.15) is 17.8 Å². The van der Waals surface area contributed by atoms with Crippen LogP contribution < -0.4 is 10.2 Å². The summed E-state index contributed by atoms with van der Waals surface area (Å²) in [6.07, 6.45) is 1.36. The Hall–Kier alpha value is -2.96. The molecule has 0 aliphatic rings. The SMILES string of the molecule is CCOC(=O)c1ccccc1NC(=O)c1cc(N(CC)CC)ncn1. The zero-order valence-electron chi connectivity index (χ0n) is 14.7. The number of benzene rings is 1. The van der Waals surface area contributed by atoms with Crippen LogP contribution >= 0.6 is 0 Å². The van der Waals surface area contributed by atoms with Gasteiger partial charge in [0.25, 0.3) is 5.91 Å². The first-order chi connectivity index (χ1) is 12.1. The van der Waals surface area contributed by atoms with Gasteiger partial charge in [-0.15, -0.1) is 0 Å². The van der Waals surface area contributed by atoms with Crippen molar-refractivity contribution >= 4 is 23.4 Å². The van der Waals surface area contributed by atoms with Crippen molar-refractivity contribution in [2.75, 3.05) is 29.9 Å². The lowest BCUT2D eigenvalue weighted by molar-refractivity contribution is 0.0527. The first kappa shape index (κ1) is 18.4. The molecule has 0 atom stereocenters. The minimum atomic E-state index is -0.482. The third-order valence-corrected chi connectivity index (χ3v) is 3.64. The van der Waals surface area contributed by atoms with Gasteiger partial charge in [0, 0.05) is 19.2 Å². The highest BCUT2D eigenvalue weighted by Crippen LogP contribution is 2.18. The van der Waals surface area contributed by atoms with E-state index >= 15 is 0 Å². The average Bonchev–Trinajstić information content (AvgIpc) is 2.63. The van der Waals surface area contributed by atoms with E-state index in [1.807, 2.05) is 18.7 Å². The standard InChI is InChI=1S/C18H22N4O3/c1-4-22(5-2)16-11-15(19-12-20-16)17(23)21-14-10-8-7-9-13(14)18(24)25-6-3/h7-12H,4-6H2,1-3H3,(H,21,23). The van der Waals surface area contributed by atoms with E-state index in [4.69, 9.17) is 4.74 Å². The molecule has 1 aromatic heterocycles. The molecule has 1 amide bonds. The van der Waals surface area contributed by atoms with Crippen LogP contribution in [0.15, 0.2) is 36.7 Å². The number of hydrogen-bond donors (Lipinski definition) is 1. The quantitative estimate of drug-likeness (QED) is 0.779. The van der Waals surface area contributed by atoms with Crippen molar-refractivity contribution < 1.29 is 14.3 Å². The molecule has 0 aliphatic heterocycles. The van der Waals surface area contributed by atoms with Crippen LogP contribution in [0.2, 0.25) is 0 Å². The number of nitrogens with one attached hydrogen (secondary N) is 1. The second kappa shape index (κ2) is 8.77. The van der Waals surface area contributed by atoms with E-state index in [0.29, 0.717) is 17.1 Å². The second-order valence-corrected chi connectivity index (χ2v) is 5.15. The summed E-state index contributed by atoms with van der Waals surface area (Å²) in [4.78, 5) is 34.8. The molecule has 132 valence electrons. The van der Waals surface area contributed by atoms with Crippen molar-refractivity contribution in [3.8, 4) is 0 Å². The van der Waals surface area contributed by atoms with Crippen LogP contribution in [0, 0.1) is 0 Å². The summed E-state index contributed by atoms with van der Waals surface area (Å²) in [5.41, 5.74) is 0.917. The summed E-state index contributed by atoms with van der Waals surface area (Å²) in [5.74, 6) is -0.207. The topological polar surface area (TPSA) is 84.4 Å². The van der Waals surface area contributed by atoms with Crippen molar-refractivity contribution in [2.45, 2.75) is 20.8 Å². The van der Waals surface area contributed by atoms with Gasteiger partial charge in [0.05, 0.1) is 17.9 Å². The predicted molar refractivity (Wildman–Crippen MR) is 95.9 cm³/mol. The summed E-state index contributed by atoms with van der Waals surface area (Å²) in [6.45, 7) is 7.58. The average molecular weight is 342 g/mol. The number of nitrogens with zero attached hydrogens (tertiary/aromatic N) is 3. The number of carbonyl (C=O) groups excluding carboxylic acids is 2. The van der Waals surface area contributed by atoms with Gasteiger partial charge in [0.15, 0.2) is 0 Å². The number of amides is 1. The maximum atomic E-state index is 12.5. The summed E-state index contributed by atoms with van der Waals surface area (Å²) < 4.78 is 5.01. The number of anilines is 2. The van der Waals surface area contributed by atoms with E-state index in [1.165, 1.54) is 6.33 Å². The number of hydrogen-bond acceptors (Lipinski definition) is 6. The maximum absolute atomic E-state index is 12.5. The highest BCUT2D eigenvalue weighted by molar-refractivity contribution is 6.07. The molecule has 7 nitrogen and oxygen atoms in total. The van der Waals surface area contributed by atoms with Gasteiger partial charge in [-0.1, -0.05) is 12.1 Å². The second-order valence-electron chi connectivity index (χ2n) is 5.15. The Balaban J connectivity index is 2.23. The molecular weight excluding hydrogens is 320 g/mol. The fourth-order valence-electron chi connectivity index (χ4n) is 2.36. The van der Waals surface area contributed by atoms with Crippen LogP contribution in [-0.4, -0.2) is 41.5 Å². The normalized spacial score (nSPS) is 10.2. The molecule has 0 fully saturated rings. The number of ether oxygens (including phenoxy) is 1. The third kappa shape index (κ3) is 4.53. The van der Waals surface area contributed by atoms with E-state index in [2.05, 4.69) is 15.3 Å². The molecule has 0 saturated carbocycles. The fraction of sp³-hybridized carbons (Fsp3) is 0.333. The van der Waals surface area contributed by atoms with Crippen molar-refractivity contribution in [1.29, 1.82) is 0 Å². The van der Waals surface area contributed by atoms with Crippen LogP contribution in [0.1, 0.15) is 41.6 Å². The molecule has 1 heterocycles. The Kier molecular flexibility index (Phi) is 6.45. The van der Waals surface area contributed by atoms with Gasteiger partial charge in [-0.2, -0.15) is 0 Å². The molecule has 7 heteroatoms. The molecular formula is C18H22N4O3. The Labute approximate surface area is 147 Å². The molecule has 0 bridgehead atoms. The molecule has 25 heavy (non-hydrogen) atoms. The van der Waals surface area contributed by atoms with Gasteiger partial charge < -0.3 is 15.0 Å². The minimum absolute atomic E-state index is 0.232. The van der Waals surface area contributed by atoms with E-state index in [9.17, 15) is 9.59 Å². The lowest BCUT2D eigenvalue weighted by Gasteiger charge is -2.19. The molecule has 2 aromatic rings. The predicted octanol–water partition coefficient (Wildman–Crippen LogP) is 2.75. The zero-order valence-corrected chi connectivity index (χ0v) is 14.7. The highest BCUT2D eigenvalue weighted by Gasteiger charge is 2.16. The molecule has 0 radical (unpaired) electrons. The minimum Gasteiger partial charge on any atom is -0.462 e. The molecule has 0 unspecified atom stereocenters. The Bertz CT molecular complexity index is 745. The largest absolute Gasteiger partial charge is 0.462 e.